The summed E-state index contributed by atoms with van der Waals surface area (Å²) in [6, 6.07) is 16.7. The standard InChI is InChI=1S/C25H30N2O4/c1-17(18-8-10-19(11-9-18)25(29)30-2)26-24(28)23-15-20-14-21(20)16-27(23)12-13-31-22-6-4-3-5-7-22/h3-11,17,20-21,23H,12-16H2,1-2H3,(H,26,28)/t17-,20-,21+,23+/m0/s1. The van der Waals surface area contributed by atoms with E-state index in [2.05, 4.69) is 10.2 Å². The number of hydrogen-bond acceptors (Lipinski definition) is 5. The van der Waals surface area contributed by atoms with E-state index in [4.69, 9.17) is 9.47 Å². The highest BCUT2D eigenvalue weighted by molar-refractivity contribution is 5.89. The quantitative estimate of drug-likeness (QED) is 0.660. The molecule has 0 unspecified atom stereocenters. The largest absolute Gasteiger partial charge is 0.492 e. The maximum absolute atomic E-state index is 13.1. The van der Waals surface area contributed by atoms with Gasteiger partial charge < -0.3 is 14.8 Å². The molecule has 2 aliphatic rings. The summed E-state index contributed by atoms with van der Waals surface area (Å²) in [7, 11) is 1.37. The summed E-state index contributed by atoms with van der Waals surface area (Å²) in [5.41, 5.74) is 1.46. The Morgan fingerprint density at radius 3 is 2.52 bits per heavy atom. The van der Waals surface area contributed by atoms with E-state index in [9.17, 15) is 9.59 Å². The molecule has 4 rings (SSSR count). The first kappa shape index (κ1) is 21.4. The second-order valence-electron chi connectivity index (χ2n) is 8.51. The number of carbonyl (C=O) groups is 2. The molecule has 6 heteroatoms. The number of esters is 1. The second-order valence-corrected chi connectivity index (χ2v) is 8.51. The minimum Gasteiger partial charge on any atom is -0.492 e. The minimum absolute atomic E-state index is 0.0644. The molecular formula is C25H30N2O4. The van der Waals surface area contributed by atoms with Crippen LogP contribution in [0.2, 0.25) is 0 Å². The van der Waals surface area contributed by atoms with Gasteiger partial charge in [-0.2, -0.15) is 0 Å². The summed E-state index contributed by atoms with van der Waals surface area (Å²) < 4.78 is 10.6. The number of likely N-dealkylation sites (tertiary alicyclic amines) is 1. The molecule has 2 aromatic rings. The molecule has 6 nitrogen and oxygen atoms in total. The highest BCUT2D eigenvalue weighted by Gasteiger charge is 2.47. The van der Waals surface area contributed by atoms with Crippen LogP contribution in [0, 0.1) is 11.8 Å². The fraction of sp³-hybridized carbons (Fsp3) is 0.440. The molecule has 2 fully saturated rings. The molecule has 0 spiro atoms. The molecular weight excluding hydrogens is 392 g/mol. The van der Waals surface area contributed by atoms with Gasteiger partial charge >= 0.3 is 5.97 Å². The third-order valence-electron chi connectivity index (χ3n) is 6.39. The van der Waals surface area contributed by atoms with E-state index >= 15 is 0 Å². The van der Waals surface area contributed by atoms with Gasteiger partial charge in [0.2, 0.25) is 5.91 Å². The van der Waals surface area contributed by atoms with Gasteiger partial charge in [0.05, 0.1) is 24.8 Å². The molecule has 0 radical (unpaired) electrons. The van der Waals surface area contributed by atoms with Crippen molar-refractivity contribution in [1.29, 1.82) is 0 Å². The van der Waals surface area contributed by atoms with Crippen molar-refractivity contribution in [2.45, 2.75) is 31.8 Å². The van der Waals surface area contributed by atoms with Crippen LogP contribution in [0.4, 0.5) is 0 Å². The lowest BCUT2D eigenvalue weighted by atomic mass is 10.00. The molecule has 0 bridgehead atoms. The van der Waals surface area contributed by atoms with Gasteiger partial charge in [0.25, 0.3) is 0 Å². The molecule has 1 saturated heterocycles. The molecule has 1 amide bonds. The molecule has 1 aliphatic carbocycles. The van der Waals surface area contributed by atoms with E-state index < -0.39 is 0 Å². The number of carbonyl (C=O) groups excluding carboxylic acids is 2. The number of hydrogen-bond donors (Lipinski definition) is 1. The fourth-order valence-electron chi connectivity index (χ4n) is 4.42. The van der Waals surface area contributed by atoms with Crippen LogP contribution < -0.4 is 10.1 Å². The SMILES string of the molecule is COC(=O)c1ccc([C@H](C)NC(=O)[C@H]2C[C@@H]3C[C@@H]3CN2CCOc2ccccc2)cc1. The zero-order valence-corrected chi connectivity index (χ0v) is 18.1. The van der Waals surface area contributed by atoms with Crippen molar-refractivity contribution < 1.29 is 19.1 Å². The summed E-state index contributed by atoms with van der Waals surface area (Å²) in [6.45, 7) is 4.23. The van der Waals surface area contributed by atoms with E-state index in [1.807, 2.05) is 49.4 Å². The summed E-state index contributed by atoms with van der Waals surface area (Å²) in [5, 5.41) is 3.17. The van der Waals surface area contributed by atoms with E-state index in [0.29, 0.717) is 18.1 Å². The number of piperidine rings is 1. The number of nitrogens with zero attached hydrogens (tertiary/aromatic N) is 1. The van der Waals surface area contributed by atoms with E-state index in [1.54, 1.807) is 12.1 Å². The van der Waals surface area contributed by atoms with Gasteiger partial charge in [-0.25, -0.2) is 4.79 Å². The van der Waals surface area contributed by atoms with Crippen LogP contribution in [0.1, 0.15) is 41.7 Å². The lowest BCUT2D eigenvalue weighted by Crippen LogP contribution is -2.51. The molecule has 1 aliphatic heterocycles. The summed E-state index contributed by atoms with van der Waals surface area (Å²) >= 11 is 0. The Hall–Kier alpha value is -2.86. The normalized spacial score (nSPS) is 23.4. The number of benzene rings is 2. The topological polar surface area (TPSA) is 67.9 Å². The predicted octanol–water partition coefficient (Wildman–Crippen LogP) is 3.44. The average Bonchev–Trinajstić information content (AvgIpc) is 3.57. The smallest absolute Gasteiger partial charge is 0.337 e. The predicted molar refractivity (Wildman–Crippen MR) is 118 cm³/mol. The number of amides is 1. The number of fused-ring (bicyclic) bond motifs is 1. The minimum atomic E-state index is -0.363. The Morgan fingerprint density at radius 1 is 1.06 bits per heavy atom. The number of para-hydroxylation sites is 1. The molecule has 4 atom stereocenters. The van der Waals surface area contributed by atoms with Gasteiger partial charge in [0, 0.05) is 13.1 Å². The van der Waals surface area contributed by atoms with E-state index in [1.165, 1.54) is 13.5 Å². The van der Waals surface area contributed by atoms with Crippen LogP contribution in [-0.2, 0) is 9.53 Å². The van der Waals surface area contributed by atoms with Gasteiger partial charge in [0.15, 0.2) is 0 Å². The third-order valence-corrected chi connectivity index (χ3v) is 6.39. The van der Waals surface area contributed by atoms with Crippen molar-refractivity contribution in [2.75, 3.05) is 26.8 Å². The Bertz CT molecular complexity index is 899. The lowest BCUT2D eigenvalue weighted by Gasteiger charge is -2.35. The highest BCUT2D eigenvalue weighted by Crippen LogP contribution is 2.47. The number of ether oxygens (including phenoxy) is 2. The molecule has 0 aromatic heterocycles. The van der Waals surface area contributed by atoms with Gasteiger partial charge in [-0.05, 0) is 61.4 Å². The highest BCUT2D eigenvalue weighted by atomic mass is 16.5. The van der Waals surface area contributed by atoms with Crippen LogP contribution in [-0.4, -0.2) is 49.6 Å². The van der Waals surface area contributed by atoms with Crippen LogP contribution >= 0.6 is 0 Å². The van der Waals surface area contributed by atoms with Crippen LogP contribution in [0.3, 0.4) is 0 Å². The monoisotopic (exact) mass is 422 g/mol. The van der Waals surface area contributed by atoms with Crippen LogP contribution in [0.5, 0.6) is 5.75 Å². The summed E-state index contributed by atoms with van der Waals surface area (Å²) in [5.74, 6) is 1.96. The first-order valence-electron chi connectivity index (χ1n) is 11.0. The number of methoxy groups -OCH3 is 1. The fourth-order valence-corrected chi connectivity index (χ4v) is 4.42. The van der Waals surface area contributed by atoms with Crippen molar-refractivity contribution in [1.82, 2.24) is 10.2 Å². The molecule has 1 heterocycles. The van der Waals surface area contributed by atoms with Crippen molar-refractivity contribution in [2.24, 2.45) is 11.8 Å². The molecule has 1 saturated carbocycles. The zero-order chi connectivity index (χ0) is 21.8. The lowest BCUT2D eigenvalue weighted by molar-refractivity contribution is -0.128. The van der Waals surface area contributed by atoms with Gasteiger partial charge in [-0.1, -0.05) is 30.3 Å². The van der Waals surface area contributed by atoms with E-state index in [-0.39, 0.29) is 24.0 Å². The van der Waals surface area contributed by atoms with Crippen molar-refractivity contribution in [3.8, 4) is 5.75 Å². The second kappa shape index (κ2) is 9.52. The zero-order valence-electron chi connectivity index (χ0n) is 18.1. The van der Waals surface area contributed by atoms with Crippen molar-refractivity contribution >= 4 is 11.9 Å². The van der Waals surface area contributed by atoms with E-state index in [0.717, 1.165) is 36.7 Å². The molecule has 31 heavy (non-hydrogen) atoms. The Morgan fingerprint density at radius 2 is 1.81 bits per heavy atom. The summed E-state index contributed by atoms with van der Waals surface area (Å²) in [6.07, 6.45) is 2.14. The number of rotatable bonds is 8. The Labute approximate surface area is 183 Å². The summed E-state index contributed by atoms with van der Waals surface area (Å²) in [4.78, 5) is 27.0. The number of nitrogens with one attached hydrogen (secondary N) is 1. The average molecular weight is 423 g/mol. The molecule has 164 valence electrons. The first-order chi connectivity index (χ1) is 15.0. The van der Waals surface area contributed by atoms with Crippen molar-refractivity contribution in [3.05, 3.63) is 65.7 Å². The van der Waals surface area contributed by atoms with Crippen molar-refractivity contribution in [3.63, 3.8) is 0 Å². The maximum atomic E-state index is 13.1. The first-order valence-corrected chi connectivity index (χ1v) is 11.0. The third kappa shape index (κ3) is 5.25. The Kier molecular flexibility index (Phi) is 6.56. The van der Waals surface area contributed by atoms with Crippen LogP contribution in [0.25, 0.3) is 0 Å². The maximum Gasteiger partial charge on any atom is 0.337 e. The molecule has 2 aromatic carbocycles. The van der Waals surface area contributed by atoms with Crippen LogP contribution in [0.15, 0.2) is 54.6 Å². The van der Waals surface area contributed by atoms with Gasteiger partial charge in [-0.15, -0.1) is 0 Å². The Balaban J connectivity index is 1.34. The molecule has 1 N–H and O–H groups in total. The van der Waals surface area contributed by atoms with Gasteiger partial charge in [-0.3, -0.25) is 9.69 Å². The van der Waals surface area contributed by atoms with Gasteiger partial charge in [0.1, 0.15) is 12.4 Å².